The average Bonchev–Trinajstić information content (AvgIpc) is 2.87. The Morgan fingerprint density at radius 3 is 2.11 bits per heavy atom. The molecule has 0 atom stereocenters. The van der Waals surface area contributed by atoms with Gasteiger partial charge in [-0.15, -0.1) is 0 Å². The van der Waals surface area contributed by atoms with E-state index in [2.05, 4.69) is 20.2 Å². The van der Waals surface area contributed by atoms with E-state index in [9.17, 15) is 31.1 Å². The molecule has 2 aliphatic rings. The van der Waals surface area contributed by atoms with Crippen molar-refractivity contribution in [2.45, 2.75) is 37.7 Å². The lowest BCUT2D eigenvalue weighted by Crippen LogP contribution is -2.48. The number of aromatic nitrogens is 2. The fraction of sp³-hybridized carbons (Fsp3) is 0.542. The number of nitrogens with zero attached hydrogens (tertiary/aromatic N) is 5. The minimum Gasteiger partial charge on any atom is -0.368 e. The van der Waals surface area contributed by atoms with Crippen LogP contribution in [0.5, 0.6) is 0 Å². The zero-order valence-electron chi connectivity index (χ0n) is 20.0. The average molecular weight is 531 g/mol. The number of carbonyl (C=O) groups excluding carboxylic acids is 1. The first kappa shape index (κ1) is 27.0. The van der Waals surface area contributed by atoms with Crippen LogP contribution in [0.15, 0.2) is 36.7 Å². The van der Waals surface area contributed by atoms with Crippen molar-refractivity contribution in [3.05, 3.63) is 47.9 Å². The molecule has 1 N–H and O–H groups in total. The molecule has 0 unspecified atom stereocenters. The number of piperidine rings is 1. The molecule has 4 rings (SSSR count). The molecule has 7 nitrogen and oxygen atoms in total. The topological polar surface area (TPSA) is 64.6 Å². The summed E-state index contributed by atoms with van der Waals surface area (Å²) >= 11 is 0. The van der Waals surface area contributed by atoms with E-state index in [-0.39, 0.29) is 11.9 Å². The van der Waals surface area contributed by atoms with Crippen molar-refractivity contribution in [1.82, 2.24) is 19.8 Å². The van der Waals surface area contributed by atoms with Gasteiger partial charge in [-0.3, -0.25) is 9.69 Å². The molecule has 4 heterocycles. The van der Waals surface area contributed by atoms with Gasteiger partial charge >= 0.3 is 12.4 Å². The third kappa shape index (κ3) is 7.24. The molecule has 13 heteroatoms. The number of carbonyl (C=O) groups is 1. The van der Waals surface area contributed by atoms with E-state index in [4.69, 9.17) is 0 Å². The Kier molecular flexibility index (Phi) is 8.10. The molecule has 37 heavy (non-hydrogen) atoms. The van der Waals surface area contributed by atoms with Crippen molar-refractivity contribution in [2.24, 2.45) is 0 Å². The van der Waals surface area contributed by atoms with Gasteiger partial charge in [-0.1, -0.05) is 0 Å². The molecule has 0 saturated carbocycles. The zero-order chi connectivity index (χ0) is 26.6. The smallest absolute Gasteiger partial charge is 0.368 e. The first-order valence-electron chi connectivity index (χ1n) is 12.1. The SMILES string of the molecule is O=C(CCN1CCN(c2ccc(C(F)(F)F)nc2)CC1)N1CCC(Nc2ccc(C(F)(F)F)cn2)CC1. The number of amides is 1. The summed E-state index contributed by atoms with van der Waals surface area (Å²) in [6.07, 6.45) is -5.11. The molecule has 0 aliphatic carbocycles. The highest BCUT2D eigenvalue weighted by atomic mass is 19.4. The van der Waals surface area contributed by atoms with Crippen LogP contribution in [-0.2, 0) is 17.1 Å². The van der Waals surface area contributed by atoms with E-state index in [1.54, 1.807) is 0 Å². The molecular formula is C24H28F6N6O. The molecule has 202 valence electrons. The standard InChI is InChI=1S/C24H28F6N6O/c25-23(26,27)17-1-4-21(32-15-17)33-18-5-9-36(10-6-18)22(37)7-8-34-11-13-35(14-12-34)19-2-3-20(31-16-19)24(28,29)30/h1-4,15-16,18H,5-14H2,(H,32,33). The van der Waals surface area contributed by atoms with Gasteiger partial charge in [0, 0.05) is 64.5 Å². The molecule has 1 amide bonds. The second-order valence-corrected chi connectivity index (χ2v) is 9.21. The normalized spacial score (nSPS) is 18.2. The van der Waals surface area contributed by atoms with Crippen LogP contribution < -0.4 is 10.2 Å². The number of pyridine rings is 2. The highest BCUT2D eigenvalue weighted by molar-refractivity contribution is 5.76. The summed E-state index contributed by atoms with van der Waals surface area (Å²) in [6, 6.07) is 4.75. The second-order valence-electron chi connectivity index (χ2n) is 9.21. The van der Waals surface area contributed by atoms with Crippen LogP contribution in [0.4, 0.5) is 37.8 Å². The molecular weight excluding hydrogens is 502 g/mol. The first-order valence-corrected chi connectivity index (χ1v) is 12.1. The van der Waals surface area contributed by atoms with Gasteiger partial charge in [-0.25, -0.2) is 9.97 Å². The molecule has 2 saturated heterocycles. The molecule has 0 bridgehead atoms. The summed E-state index contributed by atoms with van der Waals surface area (Å²) in [4.78, 5) is 26.0. The summed E-state index contributed by atoms with van der Waals surface area (Å²) < 4.78 is 76.1. The Morgan fingerprint density at radius 1 is 0.865 bits per heavy atom. The van der Waals surface area contributed by atoms with Crippen molar-refractivity contribution in [1.29, 1.82) is 0 Å². The molecule has 2 aliphatic heterocycles. The Morgan fingerprint density at radius 2 is 1.57 bits per heavy atom. The van der Waals surface area contributed by atoms with Gasteiger partial charge in [0.15, 0.2) is 0 Å². The molecule has 0 aromatic carbocycles. The largest absolute Gasteiger partial charge is 0.433 e. The van der Waals surface area contributed by atoms with Crippen LogP contribution in [0.2, 0.25) is 0 Å². The maximum atomic E-state index is 12.7. The quantitative estimate of drug-likeness (QED) is 0.567. The Balaban J connectivity index is 1.15. The number of rotatable bonds is 6. The molecule has 2 aromatic heterocycles. The van der Waals surface area contributed by atoms with Gasteiger partial charge in [0.25, 0.3) is 0 Å². The number of anilines is 2. The van der Waals surface area contributed by atoms with Crippen LogP contribution in [0.3, 0.4) is 0 Å². The van der Waals surface area contributed by atoms with Crippen LogP contribution in [0.25, 0.3) is 0 Å². The second kappa shape index (κ2) is 11.1. The maximum Gasteiger partial charge on any atom is 0.433 e. The predicted octanol–water partition coefficient (Wildman–Crippen LogP) is 4.13. The number of nitrogens with one attached hydrogen (secondary N) is 1. The van der Waals surface area contributed by atoms with E-state index in [0.717, 1.165) is 18.3 Å². The monoisotopic (exact) mass is 530 g/mol. The summed E-state index contributed by atoms with van der Waals surface area (Å²) in [6.45, 7) is 4.39. The highest BCUT2D eigenvalue weighted by Gasteiger charge is 2.33. The summed E-state index contributed by atoms with van der Waals surface area (Å²) in [5.74, 6) is 0.435. The molecule has 2 fully saturated rings. The van der Waals surface area contributed by atoms with E-state index >= 15 is 0 Å². The molecule has 0 spiro atoms. The lowest BCUT2D eigenvalue weighted by atomic mass is 10.0. The minimum atomic E-state index is -4.46. The Labute approximate surface area is 210 Å². The van der Waals surface area contributed by atoms with Gasteiger partial charge in [0.05, 0.1) is 17.4 Å². The first-order chi connectivity index (χ1) is 17.5. The van der Waals surface area contributed by atoms with Crippen LogP contribution in [0.1, 0.15) is 30.5 Å². The summed E-state index contributed by atoms with van der Waals surface area (Å²) in [5.41, 5.74) is -1.06. The van der Waals surface area contributed by atoms with Crippen LogP contribution >= 0.6 is 0 Å². The number of likely N-dealkylation sites (tertiary alicyclic amines) is 1. The van der Waals surface area contributed by atoms with Gasteiger partial charge in [0.2, 0.25) is 5.91 Å². The minimum absolute atomic E-state index is 0.0288. The Bertz CT molecular complexity index is 1030. The lowest BCUT2D eigenvalue weighted by molar-refractivity contribution is -0.141. The van der Waals surface area contributed by atoms with E-state index in [0.29, 0.717) is 76.6 Å². The number of hydrogen-bond donors (Lipinski definition) is 1. The van der Waals surface area contributed by atoms with Gasteiger partial charge in [-0.2, -0.15) is 26.3 Å². The van der Waals surface area contributed by atoms with Crippen molar-refractivity contribution < 1.29 is 31.1 Å². The predicted molar refractivity (Wildman–Crippen MR) is 125 cm³/mol. The summed E-state index contributed by atoms with van der Waals surface area (Å²) in [7, 11) is 0. The highest BCUT2D eigenvalue weighted by Crippen LogP contribution is 2.30. The van der Waals surface area contributed by atoms with E-state index in [1.807, 2.05) is 9.80 Å². The lowest BCUT2D eigenvalue weighted by Gasteiger charge is -2.37. The third-order valence-electron chi connectivity index (χ3n) is 6.71. The number of hydrogen-bond acceptors (Lipinski definition) is 6. The number of piperazine rings is 1. The maximum absolute atomic E-state index is 12.7. The number of alkyl halides is 6. The van der Waals surface area contributed by atoms with E-state index in [1.165, 1.54) is 18.3 Å². The fourth-order valence-electron chi connectivity index (χ4n) is 4.51. The van der Waals surface area contributed by atoms with Gasteiger partial charge < -0.3 is 15.1 Å². The van der Waals surface area contributed by atoms with Crippen LogP contribution in [-0.4, -0.2) is 77.5 Å². The third-order valence-corrected chi connectivity index (χ3v) is 6.71. The van der Waals surface area contributed by atoms with Crippen LogP contribution in [0, 0.1) is 0 Å². The van der Waals surface area contributed by atoms with Gasteiger partial charge in [0.1, 0.15) is 11.5 Å². The van der Waals surface area contributed by atoms with Crippen molar-refractivity contribution in [3.8, 4) is 0 Å². The molecule has 0 radical (unpaired) electrons. The van der Waals surface area contributed by atoms with Gasteiger partial charge in [-0.05, 0) is 37.1 Å². The van der Waals surface area contributed by atoms with Crippen molar-refractivity contribution in [2.75, 3.05) is 56.0 Å². The zero-order valence-corrected chi connectivity index (χ0v) is 20.0. The van der Waals surface area contributed by atoms with Crippen molar-refractivity contribution in [3.63, 3.8) is 0 Å². The van der Waals surface area contributed by atoms with Crippen molar-refractivity contribution >= 4 is 17.4 Å². The summed E-state index contributed by atoms with van der Waals surface area (Å²) in [5, 5.41) is 3.14. The Hall–Kier alpha value is -3.09. The fourth-order valence-corrected chi connectivity index (χ4v) is 4.51. The molecule has 2 aromatic rings. The van der Waals surface area contributed by atoms with E-state index < -0.39 is 23.6 Å². The number of halogens is 6.